The van der Waals surface area contributed by atoms with Gasteiger partial charge in [0.2, 0.25) is 0 Å². The van der Waals surface area contributed by atoms with Crippen molar-refractivity contribution in [2.24, 2.45) is 0 Å². The van der Waals surface area contributed by atoms with Crippen molar-refractivity contribution in [3.63, 3.8) is 0 Å². The average molecular weight is 376 g/mol. The van der Waals surface area contributed by atoms with Crippen LogP contribution in [0.2, 0.25) is 0 Å². The standard InChI is InChI=1S/C27H37N/c1-26(2,3)19-10-12-21-22-13-11-20(27(4,5)6)17-24(22)25(23(21)16-19)18-28-14-8-7-9-15-28/h10-13,16-17,25H,7-9,14-15,18H2,1-6H3. The van der Waals surface area contributed by atoms with Crippen LogP contribution in [0.15, 0.2) is 36.4 Å². The minimum atomic E-state index is 0.191. The van der Waals surface area contributed by atoms with E-state index in [1.165, 1.54) is 61.2 Å². The van der Waals surface area contributed by atoms with Crippen molar-refractivity contribution in [3.8, 4) is 11.1 Å². The van der Waals surface area contributed by atoms with Gasteiger partial charge in [-0.1, -0.05) is 84.4 Å². The first kappa shape index (κ1) is 19.7. The summed E-state index contributed by atoms with van der Waals surface area (Å²) in [6.45, 7) is 17.7. The maximum atomic E-state index is 2.71. The van der Waals surface area contributed by atoms with E-state index >= 15 is 0 Å². The number of hydrogen-bond acceptors (Lipinski definition) is 1. The molecule has 0 amide bonds. The maximum Gasteiger partial charge on any atom is 0.0229 e. The van der Waals surface area contributed by atoms with Gasteiger partial charge in [0.25, 0.3) is 0 Å². The molecule has 0 saturated carbocycles. The molecule has 0 bridgehead atoms. The molecule has 1 aliphatic carbocycles. The third kappa shape index (κ3) is 3.66. The number of piperidine rings is 1. The molecule has 1 fully saturated rings. The summed E-state index contributed by atoms with van der Waals surface area (Å²) in [6, 6.07) is 14.5. The summed E-state index contributed by atoms with van der Waals surface area (Å²) in [7, 11) is 0. The summed E-state index contributed by atoms with van der Waals surface area (Å²) in [5.74, 6) is 0.507. The summed E-state index contributed by atoms with van der Waals surface area (Å²) in [5, 5.41) is 0. The zero-order valence-electron chi connectivity index (χ0n) is 18.7. The number of likely N-dealkylation sites (tertiary alicyclic amines) is 1. The van der Waals surface area contributed by atoms with E-state index in [9.17, 15) is 0 Å². The Morgan fingerprint density at radius 1 is 0.714 bits per heavy atom. The summed E-state index contributed by atoms with van der Waals surface area (Å²) in [5.41, 5.74) is 9.33. The van der Waals surface area contributed by atoms with Gasteiger partial charge in [-0.25, -0.2) is 0 Å². The lowest BCUT2D eigenvalue weighted by molar-refractivity contribution is 0.223. The molecule has 1 heterocycles. The Morgan fingerprint density at radius 3 is 1.61 bits per heavy atom. The van der Waals surface area contributed by atoms with Crippen LogP contribution in [0.5, 0.6) is 0 Å². The van der Waals surface area contributed by atoms with Crippen LogP contribution in [0, 0.1) is 0 Å². The fourth-order valence-corrected chi connectivity index (χ4v) is 4.89. The van der Waals surface area contributed by atoms with Gasteiger partial charge < -0.3 is 4.90 Å². The van der Waals surface area contributed by atoms with Crippen molar-refractivity contribution >= 4 is 0 Å². The van der Waals surface area contributed by atoms with Crippen molar-refractivity contribution in [1.29, 1.82) is 0 Å². The zero-order chi connectivity index (χ0) is 20.1. The minimum Gasteiger partial charge on any atom is -0.302 e. The Kier molecular flexibility index (Phi) is 4.94. The van der Waals surface area contributed by atoms with Crippen LogP contribution in [-0.4, -0.2) is 24.5 Å². The Balaban J connectivity index is 1.80. The SMILES string of the molecule is CC(C)(C)c1ccc2c(c1)C(CN1CCCCC1)c1cc(C(C)(C)C)ccc1-2. The second kappa shape index (κ2) is 7.02. The second-order valence-corrected chi connectivity index (χ2v) is 11.0. The van der Waals surface area contributed by atoms with Crippen LogP contribution in [0.25, 0.3) is 11.1 Å². The van der Waals surface area contributed by atoms with E-state index in [0.717, 1.165) is 0 Å². The summed E-state index contributed by atoms with van der Waals surface area (Å²) in [4.78, 5) is 2.71. The van der Waals surface area contributed by atoms with Crippen LogP contribution in [0.3, 0.4) is 0 Å². The van der Waals surface area contributed by atoms with Crippen molar-refractivity contribution < 1.29 is 0 Å². The quantitative estimate of drug-likeness (QED) is 0.553. The maximum absolute atomic E-state index is 2.71. The van der Waals surface area contributed by atoms with Gasteiger partial charge in [0.1, 0.15) is 0 Å². The highest BCUT2D eigenvalue weighted by molar-refractivity contribution is 5.80. The number of nitrogens with zero attached hydrogens (tertiary/aromatic N) is 1. The smallest absolute Gasteiger partial charge is 0.0229 e. The van der Waals surface area contributed by atoms with Gasteiger partial charge in [-0.15, -0.1) is 0 Å². The number of fused-ring (bicyclic) bond motifs is 3. The molecule has 4 rings (SSSR count). The zero-order valence-corrected chi connectivity index (χ0v) is 18.7. The first-order valence-corrected chi connectivity index (χ1v) is 11.2. The molecule has 2 aliphatic rings. The van der Waals surface area contributed by atoms with Crippen LogP contribution in [0.1, 0.15) is 89.0 Å². The lowest BCUT2D eigenvalue weighted by Crippen LogP contribution is -2.33. The molecule has 0 spiro atoms. The molecule has 1 heteroatoms. The van der Waals surface area contributed by atoms with Gasteiger partial charge in [0, 0.05) is 12.5 Å². The van der Waals surface area contributed by atoms with Crippen LogP contribution in [-0.2, 0) is 10.8 Å². The molecule has 0 N–H and O–H groups in total. The monoisotopic (exact) mass is 375 g/mol. The highest BCUT2D eigenvalue weighted by Crippen LogP contribution is 2.47. The molecule has 1 saturated heterocycles. The molecule has 0 radical (unpaired) electrons. The summed E-state index contributed by atoms with van der Waals surface area (Å²) >= 11 is 0. The van der Waals surface area contributed by atoms with Gasteiger partial charge in [0.15, 0.2) is 0 Å². The van der Waals surface area contributed by atoms with E-state index < -0.39 is 0 Å². The molecule has 150 valence electrons. The molecular weight excluding hydrogens is 338 g/mol. The minimum absolute atomic E-state index is 0.191. The third-order valence-corrected chi connectivity index (χ3v) is 6.77. The molecule has 0 unspecified atom stereocenters. The molecule has 2 aromatic rings. The lowest BCUT2D eigenvalue weighted by atomic mass is 9.83. The number of benzene rings is 2. The van der Waals surface area contributed by atoms with E-state index in [1.54, 1.807) is 11.1 Å². The van der Waals surface area contributed by atoms with E-state index in [-0.39, 0.29) is 10.8 Å². The molecule has 0 aromatic heterocycles. The van der Waals surface area contributed by atoms with E-state index in [1.807, 2.05) is 0 Å². The molecule has 1 aliphatic heterocycles. The second-order valence-electron chi connectivity index (χ2n) is 11.0. The van der Waals surface area contributed by atoms with Crippen molar-refractivity contribution in [3.05, 3.63) is 58.7 Å². The predicted octanol–water partition coefficient (Wildman–Crippen LogP) is 6.88. The summed E-state index contributed by atoms with van der Waals surface area (Å²) in [6.07, 6.45) is 4.11. The van der Waals surface area contributed by atoms with Crippen molar-refractivity contribution in [2.75, 3.05) is 19.6 Å². The fourth-order valence-electron chi connectivity index (χ4n) is 4.89. The van der Waals surface area contributed by atoms with Gasteiger partial charge in [-0.05, 0) is 70.1 Å². The van der Waals surface area contributed by atoms with Crippen LogP contribution >= 0.6 is 0 Å². The Hall–Kier alpha value is -1.60. The van der Waals surface area contributed by atoms with Crippen molar-refractivity contribution in [2.45, 2.75) is 77.6 Å². The topological polar surface area (TPSA) is 3.24 Å². The molecule has 28 heavy (non-hydrogen) atoms. The first-order chi connectivity index (χ1) is 13.1. The third-order valence-electron chi connectivity index (χ3n) is 6.77. The number of rotatable bonds is 2. The van der Waals surface area contributed by atoms with Crippen LogP contribution in [0.4, 0.5) is 0 Å². The predicted molar refractivity (Wildman–Crippen MR) is 121 cm³/mol. The van der Waals surface area contributed by atoms with E-state index in [0.29, 0.717) is 5.92 Å². The normalized spacial score (nSPS) is 18.2. The number of hydrogen-bond donors (Lipinski definition) is 0. The molecular formula is C27H37N. The van der Waals surface area contributed by atoms with Gasteiger partial charge in [-0.2, -0.15) is 0 Å². The van der Waals surface area contributed by atoms with Crippen LogP contribution < -0.4 is 0 Å². The molecule has 0 atom stereocenters. The van der Waals surface area contributed by atoms with Gasteiger partial charge >= 0.3 is 0 Å². The summed E-state index contributed by atoms with van der Waals surface area (Å²) < 4.78 is 0. The first-order valence-electron chi connectivity index (χ1n) is 11.2. The van der Waals surface area contributed by atoms with Crippen molar-refractivity contribution in [1.82, 2.24) is 4.90 Å². The Labute approximate surface area is 172 Å². The highest BCUT2D eigenvalue weighted by atomic mass is 15.1. The Morgan fingerprint density at radius 2 is 1.18 bits per heavy atom. The van der Waals surface area contributed by atoms with E-state index in [4.69, 9.17) is 0 Å². The van der Waals surface area contributed by atoms with E-state index in [2.05, 4.69) is 82.8 Å². The Bertz CT molecular complexity index is 793. The van der Waals surface area contributed by atoms with Gasteiger partial charge in [0.05, 0.1) is 0 Å². The molecule has 2 aromatic carbocycles. The van der Waals surface area contributed by atoms with Gasteiger partial charge in [-0.3, -0.25) is 0 Å². The fraction of sp³-hybridized carbons (Fsp3) is 0.556. The molecule has 1 nitrogen and oxygen atoms in total. The largest absolute Gasteiger partial charge is 0.302 e. The highest BCUT2D eigenvalue weighted by Gasteiger charge is 2.32. The average Bonchev–Trinajstić information content (AvgIpc) is 2.94. The lowest BCUT2D eigenvalue weighted by Gasteiger charge is -2.30.